The van der Waals surface area contributed by atoms with Crippen molar-refractivity contribution >= 4 is 15.9 Å². The molecule has 0 heterocycles. The van der Waals surface area contributed by atoms with Crippen LogP contribution in [0.1, 0.15) is 22.3 Å². The van der Waals surface area contributed by atoms with Crippen LogP contribution in [-0.2, 0) is 5.33 Å². The van der Waals surface area contributed by atoms with Gasteiger partial charge in [0.1, 0.15) is 5.75 Å². The molecule has 0 radical (unpaired) electrons. The highest BCUT2D eigenvalue weighted by atomic mass is 79.9. The van der Waals surface area contributed by atoms with E-state index in [-0.39, 0.29) is 5.82 Å². The molecule has 3 heteroatoms. The molecule has 0 fully saturated rings. The van der Waals surface area contributed by atoms with Crippen LogP contribution in [0, 0.1) is 26.6 Å². The predicted octanol–water partition coefficient (Wildman–Crippen LogP) is 5.44. The van der Waals surface area contributed by atoms with Crippen LogP contribution in [0.4, 0.5) is 4.39 Å². The van der Waals surface area contributed by atoms with E-state index in [9.17, 15) is 4.39 Å². The molecule has 0 amide bonds. The van der Waals surface area contributed by atoms with E-state index in [1.165, 1.54) is 6.07 Å². The van der Waals surface area contributed by atoms with Crippen LogP contribution in [0.25, 0.3) is 0 Å². The van der Waals surface area contributed by atoms with Crippen LogP contribution in [-0.4, -0.2) is 0 Å². The van der Waals surface area contributed by atoms with Crippen LogP contribution >= 0.6 is 15.9 Å². The highest BCUT2D eigenvalue weighted by Gasteiger charge is 2.14. The van der Waals surface area contributed by atoms with Crippen LogP contribution in [0.15, 0.2) is 30.3 Å². The zero-order chi connectivity index (χ0) is 14.0. The monoisotopic (exact) mass is 322 g/mol. The van der Waals surface area contributed by atoms with Crippen molar-refractivity contribution in [2.45, 2.75) is 26.1 Å². The number of benzene rings is 2. The Kier molecular flexibility index (Phi) is 4.25. The van der Waals surface area contributed by atoms with Crippen LogP contribution in [0.5, 0.6) is 11.5 Å². The van der Waals surface area contributed by atoms with Gasteiger partial charge in [-0.3, -0.25) is 0 Å². The van der Waals surface area contributed by atoms with Crippen molar-refractivity contribution in [3.8, 4) is 11.5 Å². The van der Waals surface area contributed by atoms with E-state index in [0.717, 1.165) is 28.0 Å². The SMILES string of the molecule is Cc1ccc(C)c(Oc2c(F)cccc2CBr)c1C. The number of ether oxygens (including phenoxy) is 1. The predicted molar refractivity (Wildman–Crippen MR) is 79.8 cm³/mol. The molecule has 2 rings (SSSR count). The van der Waals surface area contributed by atoms with Crippen molar-refractivity contribution in [1.29, 1.82) is 0 Å². The van der Waals surface area contributed by atoms with Gasteiger partial charge in [-0.25, -0.2) is 4.39 Å². The molecule has 2 aromatic carbocycles. The summed E-state index contributed by atoms with van der Waals surface area (Å²) in [4.78, 5) is 0. The zero-order valence-electron chi connectivity index (χ0n) is 11.3. The fourth-order valence-corrected chi connectivity index (χ4v) is 2.40. The summed E-state index contributed by atoms with van der Waals surface area (Å²) in [5.74, 6) is 0.709. The molecule has 19 heavy (non-hydrogen) atoms. The first kappa shape index (κ1) is 14.1. The Balaban J connectivity index is 2.50. The average molecular weight is 323 g/mol. The largest absolute Gasteiger partial charge is 0.453 e. The molecule has 0 aliphatic carbocycles. The Morgan fingerprint density at radius 3 is 2.37 bits per heavy atom. The van der Waals surface area contributed by atoms with Gasteiger partial charge in [0.25, 0.3) is 0 Å². The normalized spacial score (nSPS) is 10.6. The quantitative estimate of drug-likeness (QED) is 0.684. The Morgan fingerprint density at radius 2 is 1.68 bits per heavy atom. The van der Waals surface area contributed by atoms with Gasteiger partial charge in [0.05, 0.1) is 0 Å². The van der Waals surface area contributed by atoms with Crippen molar-refractivity contribution in [1.82, 2.24) is 0 Å². The number of halogens is 2. The van der Waals surface area contributed by atoms with Crippen LogP contribution in [0.3, 0.4) is 0 Å². The van der Waals surface area contributed by atoms with Gasteiger partial charge in [-0.1, -0.05) is 40.2 Å². The first-order valence-corrected chi connectivity index (χ1v) is 7.24. The second-order valence-electron chi connectivity index (χ2n) is 4.62. The smallest absolute Gasteiger partial charge is 0.167 e. The summed E-state index contributed by atoms with van der Waals surface area (Å²) in [6.45, 7) is 5.98. The van der Waals surface area contributed by atoms with Gasteiger partial charge in [0.15, 0.2) is 11.6 Å². The van der Waals surface area contributed by atoms with E-state index in [0.29, 0.717) is 11.1 Å². The minimum absolute atomic E-state index is 0.302. The fraction of sp³-hybridized carbons (Fsp3) is 0.250. The van der Waals surface area contributed by atoms with Crippen molar-refractivity contribution in [2.75, 3.05) is 0 Å². The molecule has 0 saturated heterocycles. The van der Waals surface area contributed by atoms with Crippen molar-refractivity contribution in [2.24, 2.45) is 0 Å². The molecule has 0 unspecified atom stereocenters. The summed E-state index contributed by atoms with van der Waals surface area (Å²) in [6, 6.07) is 9.00. The topological polar surface area (TPSA) is 9.23 Å². The second kappa shape index (κ2) is 5.74. The molecule has 2 aromatic rings. The van der Waals surface area contributed by atoms with Gasteiger partial charge < -0.3 is 4.74 Å². The van der Waals surface area contributed by atoms with Crippen molar-refractivity contribution in [3.05, 3.63) is 58.4 Å². The van der Waals surface area contributed by atoms with Crippen molar-refractivity contribution < 1.29 is 9.13 Å². The molecule has 100 valence electrons. The third-order valence-corrected chi connectivity index (χ3v) is 3.87. The number of alkyl halides is 1. The minimum Gasteiger partial charge on any atom is -0.453 e. The maximum absolute atomic E-state index is 13.9. The first-order chi connectivity index (χ1) is 9.04. The molecule has 0 N–H and O–H groups in total. The first-order valence-electron chi connectivity index (χ1n) is 6.12. The van der Waals surface area contributed by atoms with Gasteiger partial charge in [0.2, 0.25) is 0 Å². The lowest BCUT2D eigenvalue weighted by atomic mass is 10.1. The maximum Gasteiger partial charge on any atom is 0.167 e. The molecule has 0 atom stereocenters. The fourth-order valence-electron chi connectivity index (χ4n) is 1.96. The second-order valence-corrected chi connectivity index (χ2v) is 5.18. The van der Waals surface area contributed by atoms with Crippen molar-refractivity contribution in [3.63, 3.8) is 0 Å². The average Bonchev–Trinajstić information content (AvgIpc) is 2.40. The summed E-state index contributed by atoms with van der Waals surface area (Å²) >= 11 is 3.36. The number of hydrogen-bond acceptors (Lipinski definition) is 1. The third kappa shape index (κ3) is 2.81. The number of para-hydroxylation sites is 1. The third-order valence-electron chi connectivity index (χ3n) is 3.27. The van der Waals surface area contributed by atoms with Crippen LogP contribution < -0.4 is 4.74 Å². The van der Waals surface area contributed by atoms with Gasteiger partial charge in [-0.05, 0) is 43.5 Å². The summed E-state index contributed by atoms with van der Waals surface area (Å²) < 4.78 is 19.8. The van der Waals surface area contributed by atoms with Gasteiger partial charge >= 0.3 is 0 Å². The zero-order valence-corrected chi connectivity index (χ0v) is 12.8. The summed E-state index contributed by atoms with van der Waals surface area (Å²) in [5, 5.41) is 0.560. The Morgan fingerprint density at radius 1 is 1.00 bits per heavy atom. The van der Waals surface area contributed by atoms with E-state index in [1.54, 1.807) is 6.07 Å². The molecule has 0 aromatic heterocycles. The van der Waals surface area contributed by atoms with E-state index in [1.807, 2.05) is 39.0 Å². The summed E-state index contributed by atoms with van der Waals surface area (Å²) in [6.07, 6.45) is 0. The van der Waals surface area contributed by atoms with E-state index in [4.69, 9.17) is 4.74 Å². The van der Waals surface area contributed by atoms with Gasteiger partial charge in [-0.15, -0.1) is 0 Å². The molecule has 1 nitrogen and oxygen atoms in total. The standard InChI is InChI=1S/C16H16BrFO/c1-10-7-8-11(2)15(12(10)3)19-16-13(9-17)5-4-6-14(16)18/h4-8H,9H2,1-3H3. The Bertz CT molecular complexity index is 608. The van der Waals surface area contributed by atoms with E-state index in [2.05, 4.69) is 15.9 Å². The highest BCUT2D eigenvalue weighted by molar-refractivity contribution is 9.08. The lowest BCUT2D eigenvalue weighted by Crippen LogP contribution is -1.98. The maximum atomic E-state index is 13.9. The van der Waals surface area contributed by atoms with E-state index >= 15 is 0 Å². The molecule has 0 spiro atoms. The molecular weight excluding hydrogens is 307 g/mol. The number of hydrogen-bond donors (Lipinski definition) is 0. The number of rotatable bonds is 3. The molecule has 0 bridgehead atoms. The highest BCUT2D eigenvalue weighted by Crippen LogP contribution is 2.34. The molecular formula is C16H16BrFO. The lowest BCUT2D eigenvalue weighted by molar-refractivity contribution is 0.432. The van der Waals surface area contributed by atoms with Gasteiger partial charge in [0, 0.05) is 10.9 Å². The summed E-state index contributed by atoms with van der Waals surface area (Å²) in [7, 11) is 0. The lowest BCUT2D eigenvalue weighted by Gasteiger charge is -2.16. The molecule has 0 aliphatic rings. The van der Waals surface area contributed by atoms with Crippen LogP contribution in [0.2, 0.25) is 0 Å². The summed E-state index contributed by atoms with van der Waals surface area (Å²) in [5.41, 5.74) is 3.99. The molecule has 0 saturated carbocycles. The van der Waals surface area contributed by atoms with E-state index < -0.39 is 0 Å². The Hall–Kier alpha value is -1.35. The molecule has 0 aliphatic heterocycles. The minimum atomic E-state index is -0.336. The number of aryl methyl sites for hydroxylation is 2. The Labute approximate surface area is 121 Å². The van der Waals surface area contributed by atoms with Gasteiger partial charge in [-0.2, -0.15) is 0 Å².